The predicted octanol–water partition coefficient (Wildman–Crippen LogP) is 5.57. The molecule has 5 heteroatoms. The first kappa shape index (κ1) is 32.8. The molecule has 0 aliphatic carbocycles. The SMILES string of the molecule is CCCCCCCCCCCCCCCCCCCCCc1ccc(S(=O)(=O)[O-])cc1.[K+]. The number of rotatable bonds is 21. The Morgan fingerprint density at radius 3 is 1.19 bits per heavy atom. The Balaban J connectivity index is 0.00000961. The van der Waals surface area contributed by atoms with Crippen LogP contribution in [0, 0.1) is 0 Å². The number of unbranched alkanes of at least 4 members (excludes halogenated alkanes) is 18. The van der Waals surface area contributed by atoms with Gasteiger partial charge < -0.3 is 4.55 Å². The van der Waals surface area contributed by atoms with Crippen molar-refractivity contribution in [2.45, 2.75) is 140 Å². The Hall–Kier alpha value is 0.766. The molecule has 0 saturated heterocycles. The zero-order chi connectivity index (χ0) is 22.6. The van der Waals surface area contributed by atoms with Crippen molar-refractivity contribution in [3.63, 3.8) is 0 Å². The fourth-order valence-electron chi connectivity index (χ4n) is 4.23. The summed E-state index contributed by atoms with van der Waals surface area (Å²) in [7, 11) is -4.32. The van der Waals surface area contributed by atoms with Crippen molar-refractivity contribution in [2.24, 2.45) is 0 Å². The van der Waals surface area contributed by atoms with Crippen molar-refractivity contribution in [1.29, 1.82) is 0 Å². The first-order valence-electron chi connectivity index (χ1n) is 13.1. The van der Waals surface area contributed by atoms with Gasteiger partial charge in [0.2, 0.25) is 0 Å². The molecule has 0 unspecified atom stereocenters. The normalized spacial score (nSPS) is 11.4. The fraction of sp³-hybridized carbons (Fsp3) is 0.778. The van der Waals surface area contributed by atoms with Crippen LogP contribution in [0.4, 0.5) is 0 Å². The molecule has 32 heavy (non-hydrogen) atoms. The van der Waals surface area contributed by atoms with E-state index >= 15 is 0 Å². The molecule has 0 radical (unpaired) electrons. The summed E-state index contributed by atoms with van der Waals surface area (Å²) in [6, 6.07) is 6.37. The van der Waals surface area contributed by atoms with Gasteiger partial charge in [-0.1, -0.05) is 135 Å². The van der Waals surface area contributed by atoms with Gasteiger partial charge in [0.25, 0.3) is 0 Å². The molecule has 0 saturated carbocycles. The molecule has 180 valence electrons. The zero-order valence-electron chi connectivity index (χ0n) is 21.1. The molecule has 0 heterocycles. The zero-order valence-corrected chi connectivity index (χ0v) is 25.0. The van der Waals surface area contributed by atoms with Gasteiger partial charge >= 0.3 is 51.4 Å². The molecule has 0 fully saturated rings. The van der Waals surface area contributed by atoms with Crippen LogP contribution in [0.25, 0.3) is 0 Å². The van der Waals surface area contributed by atoms with Gasteiger partial charge in [-0.05, 0) is 30.5 Å². The average molecular weight is 491 g/mol. The molecule has 1 aromatic carbocycles. The van der Waals surface area contributed by atoms with Crippen molar-refractivity contribution < 1.29 is 64.4 Å². The summed E-state index contributed by atoms with van der Waals surface area (Å²) in [4.78, 5) is -0.135. The summed E-state index contributed by atoms with van der Waals surface area (Å²) in [6.07, 6.45) is 27.2. The maximum absolute atomic E-state index is 10.9. The van der Waals surface area contributed by atoms with E-state index in [1.54, 1.807) is 12.1 Å². The Labute approximate surface area is 242 Å². The number of hydrogen-bond acceptors (Lipinski definition) is 3. The average Bonchev–Trinajstić information content (AvgIpc) is 2.75. The number of hydrogen-bond donors (Lipinski definition) is 0. The Kier molecular flexibility index (Phi) is 22.8. The molecule has 0 amide bonds. The van der Waals surface area contributed by atoms with Gasteiger partial charge in [0, 0.05) is 0 Å². The largest absolute Gasteiger partial charge is 1.00 e. The van der Waals surface area contributed by atoms with E-state index in [1.165, 1.54) is 128 Å². The molecule has 0 bridgehead atoms. The molecule has 0 aliphatic rings. The van der Waals surface area contributed by atoms with Crippen LogP contribution in [0.1, 0.15) is 134 Å². The van der Waals surface area contributed by atoms with E-state index in [-0.39, 0.29) is 56.3 Å². The topological polar surface area (TPSA) is 57.2 Å². The van der Waals surface area contributed by atoms with Crippen LogP contribution in [-0.2, 0) is 16.5 Å². The van der Waals surface area contributed by atoms with Crippen LogP contribution in [0.2, 0.25) is 0 Å². The van der Waals surface area contributed by atoms with E-state index in [9.17, 15) is 13.0 Å². The minimum absolute atomic E-state index is 0. The second kappa shape index (κ2) is 22.2. The van der Waals surface area contributed by atoms with Gasteiger partial charge in [-0.25, -0.2) is 8.42 Å². The van der Waals surface area contributed by atoms with Gasteiger partial charge in [-0.15, -0.1) is 0 Å². The summed E-state index contributed by atoms with van der Waals surface area (Å²) in [5, 5.41) is 0. The van der Waals surface area contributed by atoms with Crippen LogP contribution >= 0.6 is 0 Å². The molecule has 0 atom stereocenters. The van der Waals surface area contributed by atoms with Crippen molar-refractivity contribution in [2.75, 3.05) is 0 Å². The van der Waals surface area contributed by atoms with Crippen molar-refractivity contribution in [3.05, 3.63) is 29.8 Å². The van der Waals surface area contributed by atoms with Gasteiger partial charge in [-0.3, -0.25) is 0 Å². The second-order valence-electron chi connectivity index (χ2n) is 9.21. The van der Waals surface area contributed by atoms with Crippen LogP contribution in [-0.4, -0.2) is 13.0 Å². The monoisotopic (exact) mass is 490 g/mol. The summed E-state index contributed by atoms with van der Waals surface area (Å²) < 4.78 is 32.8. The van der Waals surface area contributed by atoms with E-state index in [1.807, 2.05) is 0 Å². The molecule has 0 aromatic heterocycles. The molecule has 1 aromatic rings. The summed E-state index contributed by atoms with van der Waals surface area (Å²) in [5.41, 5.74) is 1.11. The van der Waals surface area contributed by atoms with Crippen molar-refractivity contribution in [3.8, 4) is 0 Å². The van der Waals surface area contributed by atoms with Gasteiger partial charge in [0.1, 0.15) is 10.1 Å². The Morgan fingerprint density at radius 1 is 0.562 bits per heavy atom. The molecule has 3 nitrogen and oxygen atoms in total. The van der Waals surface area contributed by atoms with Gasteiger partial charge in [0.05, 0.1) is 4.90 Å². The second-order valence-corrected chi connectivity index (χ2v) is 10.6. The fourth-order valence-corrected chi connectivity index (χ4v) is 4.70. The Bertz CT molecular complexity index is 629. The summed E-state index contributed by atoms with van der Waals surface area (Å²) in [6.45, 7) is 2.28. The van der Waals surface area contributed by atoms with Crippen molar-refractivity contribution >= 4 is 10.1 Å². The molecule has 0 spiro atoms. The predicted molar refractivity (Wildman–Crippen MR) is 132 cm³/mol. The Morgan fingerprint density at radius 2 is 0.875 bits per heavy atom. The first-order chi connectivity index (χ1) is 15.0. The molecular formula is C27H47KO3S. The van der Waals surface area contributed by atoms with E-state index in [0.717, 1.165) is 18.4 Å². The van der Waals surface area contributed by atoms with Crippen LogP contribution < -0.4 is 51.4 Å². The maximum atomic E-state index is 10.9. The van der Waals surface area contributed by atoms with Crippen LogP contribution in [0.15, 0.2) is 29.2 Å². The number of aryl methyl sites for hydroxylation is 1. The van der Waals surface area contributed by atoms with E-state index in [2.05, 4.69) is 6.92 Å². The first-order valence-corrected chi connectivity index (χ1v) is 14.5. The summed E-state index contributed by atoms with van der Waals surface area (Å²) in [5.74, 6) is 0. The van der Waals surface area contributed by atoms with Gasteiger partial charge in [0.15, 0.2) is 0 Å². The molecule has 0 N–H and O–H groups in total. The smallest absolute Gasteiger partial charge is 0.744 e. The third kappa shape index (κ3) is 19.1. The maximum Gasteiger partial charge on any atom is 1.00 e. The minimum atomic E-state index is -4.32. The standard InChI is InChI=1S/C27H48O3S.K/c1-2-3-4-5-6-7-8-9-10-11-12-13-14-15-16-17-18-19-20-21-26-22-24-27(25-23-26)31(28,29)30;/h22-25H,2-21H2,1H3,(H,28,29,30);/q;+1/p-1. The molecule has 0 aliphatic heterocycles. The molecule has 1 rings (SSSR count). The third-order valence-electron chi connectivity index (χ3n) is 6.28. The van der Waals surface area contributed by atoms with Crippen LogP contribution in [0.5, 0.6) is 0 Å². The summed E-state index contributed by atoms with van der Waals surface area (Å²) >= 11 is 0. The minimum Gasteiger partial charge on any atom is -0.744 e. The van der Waals surface area contributed by atoms with Gasteiger partial charge in [-0.2, -0.15) is 0 Å². The molecular weight excluding hydrogens is 443 g/mol. The van der Waals surface area contributed by atoms with E-state index < -0.39 is 10.1 Å². The van der Waals surface area contributed by atoms with E-state index in [4.69, 9.17) is 0 Å². The quantitative estimate of drug-likeness (QED) is 0.129. The number of benzene rings is 1. The van der Waals surface area contributed by atoms with E-state index in [0.29, 0.717) is 0 Å². The van der Waals surface area contributed by atoms with Crippen LogP contribution in [0.3, 0.4) is 0 Å². The van der Waals surface area contributed by atoms with Crippen molar-refractivity contribution in [1.82, 2.24) is 0 Å². The third-order valence-corrected chi connectivity index (χ3v) is 7.13.